The summed E-state index contributed by atoms with van der Waals surface area (Å²) in [5.74, 6) is -2.52. The highest BCUT2D eigenvalue weighted by Crippen LogP contribution is 2.14. The van der Waals surface area contributed by atoms with Gasteiger partial charge in [0.2, 0.25) is 0 Å². The van der Waals surface area contributed by atoms with Crippen LogP contribution in [0.15, 0.2) is 60.7 Å². The zero-order chi connectivity index (χ0) is 16.7. The number of hydrogen-bond acceptors (Lipinski definition) is 3. The molecule has 118 valence electrons. The molecule has 0 spiro atoms. The first kappa shape index (κ1) is 16.5. The van der Waals surface area contributed by atoms with E-state index in [4.69, 9.17) is 5.73 Å². The zero-order valence-electron chi connectivity index (χ0n) is 12.7. The number of rotatable bonds is 7. The Labute approximate surface area is 135 Å². The van der Waals surface area contributed by atoms with Crippen LogP contribution in [0.2, 0.25) is 0 Å². The van der Waals surface area contributed by atoms with Gasteiger partial charge in [0.15, 0.2) is 5.78 Å². The molecule has 0 bridgehead atoms. The summed E-state index contributed by atoms with van der Waals surface area (Å²) < 4.78 is 0. The summed E-state index contributed by atoms with van der Waals surface area (Å²) in [6, 6.07) is 16.5. The van der Waals surface area contributed by atoms with Gasteiger partial charge in [-0.15, -0.1) is 0 Å². The van der Waals surface area contributed by atoms with Crippen LogP contribution in [0.1, 0.15) is 17.5 Å². The number of ketones is 1. The van der Waals surface area contributed by atoms with Gasteiger partial charge in [-0.1, -0.05) is 48.5 Å². The Hall–Kier alpha value is -2.88. The van der Waals surface area contributed by atoms with Crippen molar-refractivity contribution in [1.29, 1.82) is 0 Å². The third-order valence-corrected chi connectivity index (χ3v) is 3.58. The van der Waals surface area contributed by atoms with Crippen LogP contribution in [-0.2, 0) is 16.0 Å². The van der Waals surface area contributed by atoms with E-state index in [1.165, 1.54) is 6.08 Å². The average Bonchev–Trinajstić information content (AvgIpc) is 2.55. The van der Waals surface area contributed by atoms with Crippen molar-refractivity contribution in [3.8, 4) is 0 Å². The van der Waals surface area contributed by atoms with Crippen LogP contribution in [0.4, 0.5) is 5.69 Å². The molecule has 3 N–H and O–H groups in total. The van der Waals surface area contributed by atoms with Gasteiger partial charge in [0.25, 0.3) is 0 Å². The van der Waals surface area contributed by atoms with Gasteiger partial charge in [0.05, 0.1) is 0 Å². The van der Waals surface area contributed by atoms with E-state index in [0.717, 1.165) is 11.1 Å². The number of carbonyl (C=O) groups is 2. The van der Waals surface area contributed by atoms with Gasteiger partial charge in [-0.25, -0.2) is 0 Å². The van der Waals surface area contributed by atoms with E-state index in [2.05, 4.69) is 0 Å². The van der Waals surface area contributed by atoms with Crippen molar-refractivity contribution >= 4 is 23.5 Å². The number of allylic oxidation sites excluding steroid dienone is 1. The summed E-state index contributed by atoms with van der Waals surface area (Å²) in [5, 5.41) is 9.29. The Morgan fingerprint density at radius 2 is 1.70 bits per heavy atom. The smallest absolute Gasteiger partial charge is 0.314 e. The second kappa shape index (κ2) is 7.94. The number of anilines is 1. The van der Waals surface area contributed by atoms with Crippen LogP contribution in [0, 0.1) is 5.92 Å². The third kappa shape index (κ3) is 5.11. The first-order valence-electron chi connectivity index (χ1n) is 7.40. The number of benzene rings is 2. The number of aliphatic carboxylic acids is 1. The van der Waals surface area contributed by atoms with E-state index in [1.807, 2.05) is 42.5 Å². The average molecular weight is 309 g/mol. The first-order chi connectivity index (χ1) is 11.1. The molecule has 0 amide bonds. The van der Waals surface area contributed by atoms with Gasteiger partial charge in [-0.3, -0.25) is 9.59 Å². The predicted octanol–water partition coefficient (Wildman–Crippen LogP) is 3.18. The molecule has 4 nitrogen and oxygen atoms in total. The Morgan fingerprint density at radius 1 is 1.04 bits per heavy atom. The highest BCUT2D eigenvalue weighted by molar-refractivity contribution is 6.06. The van der Waals surface area contributed by atoms with Gasteiger partial charge >= 0.3 is 5.97 Å². The second-order valence-corrected chi connectivity index (χ2v) is 5.32. The predicted molar refractivity (Wildman–Crippen MR) is 90.8 cm³/mol. The summed E-state index contributed by atoms with van der Waals surface area (Å²) in [4.78, 5) is 23.5. The van der Waals surface area contributed by atoms with Crippen molar-refractivity contribution in [2.45, 2.75) is 12.8 Å². The third-order valence-electron chi connectivity index (χ3n) is 3.58. The van der Waals surface area contributed by atoms with Crippen molar-refractivity contribution in [1.82, 2.24) is 0 Å². The maximum absolute atomic E-state index is 12.1. The Balaban J connectivity index is 2.00. The summed E-state index contributed by atoms with van der Waals surface area (Å²) in [6.07, 6.45) is 3.76. The van der Waals surface area contributed by atoms with Crippen molar-refractivity contribution in [2.75, 3.05) is 5.73 Å². The molecule has 0 saturated heterocycles. The summed E-state index contributed by atoms with van der Waals surface area (Å²) in [6.45, 7) is 0. The lowest BCUT2D eigenvalue weighted by Gasteiger charge is -2.09. The van der Waals surface area contributed by atoms with Gasteiger partial charge in [0.1, 0.15) is 5.92 Å². The van der Waals surface area contributed by atoms with Crippen LogP contribution < -0.4 is 5.73 Å². The van der Waals surface area contributed by atoms with Gasteiger partial charge in [-0.05, 0) is 42.2 Å². The molecule has 23 heavy (non-hydrogen) atoms. The number of aryl methyl sites for hydroxylation is 1. The molecule has 0 saturated carbocycles. The van der Waals surface area contributed by atoms with Gasteiger partial charge in [-0.2, -0.15) is 0 Å². The van der Waals surface area contributed by atoms with Crippen molar-refractivity contribution in [2.24, 2.45) is 5.92 Å². The molecule has 0 radical (unpaired) electrons. The fourth-order valence-electron chi connectivity index (χ4n) is 2.24. The van der Waals surface area contributed by atoms with E-state index in [0.29, 0.717) is 12.1 Å². The lowest BCUT2D eigenvalue weighted by atomic mass is 9.95. The minimum Gasteiger partial charge on any atom is -0.481 e. The molecule has 0 aliphatic heterocycles. The van der Waals surface area contributed by atoms with Crippen molar-refractivity contribution < 1.29 is 14.7 Å². The van der Waals surface area contributed by atoms with E-state index in [-0.39, 0.29) is 6.42 Å². The SMILES string of the molecule is Nc1ccc(CCC(C(=O)O)C(=O)C=Cc2ccccc2)cc1. The number of carboxylic acid groups (broad SMARTS) is 1. The van der Waals surface area contributed by atoms with E-state index in [9.17, 15) is 14.7 Å². The highest BCUT2D eigenvalue weighted by atomic mass is 16.4. The largest absolute Gasteiger partial charge is 0.481 e. The molecule has 0 aliphatic carbocycles. The number of nitrogens with two attached hydrogens (primary N) is 1. The molecular weight excluding hydrogens is 290 g/mol. The molecule has 0 heterocycles. The Kier molecular flexibility index (Phi) is 5.69. The molecule has 0 fully saturated rings. The minimum atomic E-state index is -1.09. The fourth-order valence-corrected chi connectivity index (χ4v) is 2.24. The number of carboxylic acids is 1. The Morgan fingerprint density at radius 3 is 2.30 bits per heavy atom. The van der Waals surface area contributed by atoms with Crippen molar-refractivity contribution in [3.63, 3.8) is 0 Å². The van der Waals surface area contributed by atoms with E-state index >= 15 is 0 Å². The molecule has 0 aromatic heterocycles. The quantitative estimate of drug-likeness (QED) is 0.467. The van der Waals surface area contributed by atoms with Gasteiger partial charge < -0.3 is 10.8 Å². The van der Waals surface area contributed by atoms with Crippen LogP contribution in [-0.4, -0.2) is 16.9 Å². The lowest BCUT2D eigenvalue weighted by molar-refractivity contribution is -0.145. The highest BCUT2D eigenvalue weighted by Gasteiger charge is 2.23. The normalized spacial score (nSPS) is 12.2. The number of hydrogen-bond donors (Lipinski definition) is 2. The monoisotopic (exact) mass is 309 g/mol. The van der Waals surface area contributed by atoms with Crippen LogP contribution in [0.3, 0.4) is 0 Å². The van der Waals surface area contributed by atoms with Crippen LogP contribution >= 0.6 is 0 Å². The summed E-state index contributed by atoms with van der Waals surface area (Å²) >= 11 is 0. The molecule has 0 aliphatic rings. The standard InChI is InChI=1S/C19H19NO3/c20-16-10-6-15(7-11-16)8-12-17(19(22)23)18(21)13-9-14-4-2-1-3-5-14/h1-7,9-11,13,17H,8,12,20H2,(H,22,23). The maximum atomic E-state index is 12.1. The summed E-state index contributed by atoms with van der Waals surface area (Å²) in [5.41, 5.74) is 8.10. The first-order valence-corrected chi connectivity index (χ1v) is 7.40. The molecule has 2 aromatic carbocycles. The van der Waals surface area contributed by atoms with Crippen LogP contribution in [0.5, 0.6) is 0 Å². The molecular formula is C19H19NO3. The van der Waals surface area contributed by atoms with E-state index in [1.54, 1.807) is 18.2 Å². The molecule has 2 rings (SSSR count). The van der Waals surface area contributed by atoms with Gasteiger partial charge in [0, 0.05) is 5.69 Å². The lowest BCUT2D eigenvalue weighted by Crippen LogP contribution is -2.22. The van der Waals surface area contributed by atoms with E-state index < -0.39 is 17.7 Å². The maximum Gasteiger partial charge on any atom is 0.314 e. The number of nitrogen functional groups attached to an aromatic ring is 1. The fraction of sp³-hybridized carbons (Fsp3) is 0.158. The molecule has 4 heteroatoms. The van der Waals surface area contributed by atoms with Crippen molar-refractivity contribution in [3.05, 3.63) is 71.8 Å². The molecule has 2 aromatic rings. The molecule has 1 atom stereocenters. The summed E-state index contributed by atoms with van der Waals surface area (Å²) in [7, 11) is 0. The second-order valence-electron chi connectivity index (χ2n) is 5.32. The number of carbonyl (C=O) groups excluding carboxylic acids is 1. The minimum absolute atomic E-state index is 0.261. The molecule has 1 unspecified atom stereocenters. The van der Waals surface area contributed by atoms with Crippen LogP contribution in [0.25, 0.3) is 6.08 Å². The topological polar surface area (TPSA) is 80.4 Å². The Bertz CT molecular complexity index is 690. The zero-order valence-corrected chi connectivity index (χ0v) is 12.7.